The number of aromatic nitrogens is 4. The van der Waals surface area contributed by atoms with E-state index in [1.54, 1.807) is 30.1 Å². The third-order valence-electron chi connectivity index (χ3n) is 6.68. The number of ether oxygens (including phenoxy) is 2. The predicted octanol–water partition coefficient (Wildman–Crippen LogP) is 5.26. The van der Waals surface area contributed by atoms with E-state index in [4.69, 9.17) is 18.9 Å². The van der Waals surface area contributed by atoms with Crippen molar-refractivity contribution < 1.29 is 18.7 Å². The molecule has 0 spiro atoms. The summed E-state index contributed by atoms with van der Waals surface area (Å²) < 4.78 is 18.5. The second-order valence-electron chi connectivity index (χ2n) is 9.40. The fourth-order valence-electron chi connectivity index (χ4n) is 4.71. The van der Waals surface area contributed by atoms with Gasteiger partial charge >= 0.3 is 0 Å². The van der Waals surface area contributed by atoms with Crippen molar-refractivity contribution in [3.63, 3.8) is 0 Å². The summed E-state index contributed by atoms with van der Waals surface area (Å²) in [5.74, 6) is 3.22. The summed E-state index contributed by atoms with van der Waals surface area (Å²) in [5, 5.41) is 5.38. The maximum atomic E-state index is 13.7. The van der Waals surface area contributed by atoms with Crippen LogP contribution in [-0.4, -0.2) is 44.8 Å². The Morgan fingerprint density at radius 2 is 1.82 bits per heavy atom. The molecule has 3 heterocycles. The molecule has 0 radical (unpaired) electrons. The highest BCUT2D eigenvalue weighted by molar-refractivity contribution is 5.87. The van der Waals surface area contributed by atoms with Crippen molar-refractivity contribution in [2.24, 2.45) is 0 Å². The van der Waals surface area contributed by atoms with E-state index in [0.717, 1.165) is 33.3 Å². The smallest absolute Gasteiger partial charge is 0.245 e. The van der Waals surface area contributed by atoms with Crippen LogP contribution in [0.4, 0.5) is 0 Å². The number of benzene rings is 2. The van der Waals surface area contributed by atoms with Crippen LogP contribution in [0.5, 0.6) is 11.5 Å². The number of aryl methyl sites for hydroxylation is 3. The maximum absolute atomic E-state index is 13.7. The van der Waals surface area contributed by atoms with Crippen LogP contribution in [0.1, 0.15) is 28.5 Å². The van der Waals surface area contributed by atoms with E-state index in [1.807, 2.05) is 69.3 Å². The number of hydrogen-bond acceptors (Lipinski definition) is 7. The van der Waals surface area contributed by atoms with E-state index >= 15 is 0 Å². The van der Waals surface area contributed by atoms with Crippen LogP contribution in [0.2, 0.25) is 0 Å². The van der Waals surface area contributed by atoms with Crippen LogP contribution in [0.3, 0.4) is 0 Å². The minimum atomic E-state index is -0.118. The van der Waals surface area contributed by atoms with Gasteiger partial charge in [0.1, 0.15) is 35.5 Å². The van der Waals surface area contributed by atoms with E-state index in [-0.39, 0.29) is 12.5 Å². The van der Waals surface area contributed by atoms with Gasteiger partial charge < -0.3 is 18.8 Å². The Bertz CT molecular complexity index is 1620. The first-order chi connectivity index (χ1) is 18.9. The third kappa shape index (κ3) is 5.47. The van der Waals surface area contributed by atoms with Crippen molar-refractivity contribution in [3.05, 3.63) is 89.4 Å². The molecule has 0 saturated heterocycles. The van der Waals surface area contributed by atoms with Gasteiger partial charge in [-0.25, -0.2) is 14.6 Å². The van der Waals surface area contributed by atoms with E-state index in [2.05, 4.69) is 16.1 Å². The molecule has 0 atom stereocenters. The molecule has 0 N–H and O–H groups in total. The highest BCUT2D eigenvalue weighted by Crippen LogP contribution is 2.36. The molecule has 5 rings (SSSR count). The molecule has 3 aromatic heterocycles. The number of rotatable bonds is 9. The molecular weight excluding hydrogens is 494 g/mol. The Morgan fingerprint density at radius 1 is 0.974 bits per heavy atom. The van der Waals surface area contributed by atoms with E-state index in [1.165, 1.54) is 0 Å². The normalized spacial score (nSPS) is 11.1. The first-order valence-electron chi connectivity index (χ1n) is 12.7. The zero-order valence-corrected chi connectivity index (χ0v) is 22.8. The van der Waals surface area contributed by atoms with Crippen molar-refractivity contribution in [1.29, 1.82) is 0 Å². The Morgan fingerprint density at radius 3 is 2.51 bits per heavy atom. The average molecular weight is 526 g/mol. The number of para-hydroxylation sites is 1. The molecular formula is C30H31N5O4. The lowest BCUT2D eigenvalue weighted by Gasteiger charge is -2.24. The number of fused-ring (bicyclic) bond motifs is 1. The van der Waals surface area contributed by atoms with Gasteiger partial charge in [0, 0.05) is 17.5 Å². The topological polar surface area (TPSA) is 95.5 Å². The van der Waals surface area contributed by atoms with Crippen molar-refractivity contribution in [2.45, 2.75) is 40.4 Å². The van der Waals surface area contributed by atoms with Gasteiger partial charge in [0.15, 0.2) is 0 Å². The Hall–Kier alpha value is -4.66. The van der Waals surface area contributed by atoms with Gasteiger partial charge in [0.2, 0.25) is 5.91 Å². The molecule has 0 aliphatic heterocycles. The SMILES string of the molecule is COc1ccc(OC)c(-c2nc3c(C)cccc3cc2CN(Cc2ccco2)C(=O)Cn2nc(C)nc2C)c1. The van der Waals surface area contributed by atoms with Gasteiger partial charge in [-0.1, -0.05) is 18.2 Å². The quantitative estimate of drug-likeness (QED) is 0.259. The molecule has 9 heteroatoms. The molecule has 5 aromatic rings. The molecule has 200 valence electrons. The fraction of sp³-hybridized carbons (Fsp3) is 0.267. The summed E-state index contributed by atoms with van der Waals surface area (Å²) in [6.45, 7) is 6.33. The van der Waals surface area contributed by atoms with Crippen molar-refractivity contribution in [1.82, 2.24) is 24.6 Å². The Balaban J connectivity index is 1.62. The Kier molecular flexibility index (Phi) is 7.31. The van der Waals surface area contributed by atoms with E-state index in [9.17, 15) is 4.79 Å². The highest BCUT2D eigenvalue weighted by Gasteiger charge is 2.22. The summed E-state index contributed by atoms with van der Waals surface area (Å²) in [6, 6.07) is 17.5. The van der Waals surface area contributed by atoms with Crippen LogP contribution >= 0.6 is 0 Å². The second kappa shape index (κ2) is 11.0. The van der Waals surface area contributed by atoms with Crippen LogP contribution < -0.4 is 9.47 Å². The first kappa shape index (κ1) is 26.0. The molecule has 0 bridgehead atoms. The molecule has 0 aliphatic rings. The van der Waals surface area contributed by atoms with Gasteiger partial charge in [-0.15, -0.1) is 0 Å². The molecule has 0 unspecified atom stereocenters. The molecule has 0 fully saturated rings. The van der Waals surface area contributed by atoms with Crippen molar-refractivity contribution in [2.75, 3.05) is 14.2 Å². The molecule has 39 heavy (non-hydrogen) atoms. The average Bonchev–Trinajstić information content (AvgIpc) is 3.56. The lowest BCUT2D eigenvalue weighted by Crippen LogP contribution is -2.33. The minimum absolute atomic E-state index is 0.0608. The summed E-state index contributed by atoms with van der Waals surface area (Å²) in [6.07, 6.45) is 1.61. The third-order valence-corrected chi connectivity index (χ3v) is 6.68. The van der Waals surface area contributed by atoms with E-state index in [0.29, 0.717) is 42.0 Å². The van der Waals surface area contributed by atoms with Gasteiger partial charge in [-0.3, -0.25) is 4.79 Å². The molecule has 0 aliphatic carbocycles. The zero-order valence-electron chi connectivity index (χ0n) is 22.8. The number of furan rings is 1. The van der Waals surface area contributed by atoms with Crippen LogP contribution in [0, 0.1) is 20.8 Å². The van der Waals surface area contributed by atoms with E-state index < -0.39 is 0 Å². The maximum Gasteiger partial charge on any atom is 0.245 e. The number of methoxy groups -OCH3 is 2. The largest absolute Gasteiger partial charge is 0.497 e. The number of nitrogens with zero attached hydrogens (tertiary/aromatic N) is 5. The predicted molar refractivity (Wildman–Crippen MR) is 147 cm³/mol. The van der Waals surface area contributed by atoms with Gasteiger partial charge in [0.05, 0.1) is 38.2 Å². The highest BCUT2D eigenvalue weighted by atomic mass is 16.5. The summed E-state index contributed by atoms with van der Waals surface area (Å²) >= 11 is 0. The number of amides is 1. The second-order valence-corrected chi connectivity index (χ2v) is 9.40. The van der Waals surface area contributed by atoms with Crippen LogP contribution in [0.15, 0.2) is 65.3 Å². The van der Waals surface area contributed by atoms with Crippen molar-refractivity contribution >= 4 is 16.8 Å². The molecule has 0 saturated carbocycles. The Labute approximate surface area is 227 Å². The fourth-order valence-corrected chi connectivity index (χ4v) is 4.71. The number of carbonyl (C=O) groups excluding carboxylic acids is 1. The van der Waals surface area contributed by atoms with Gasteiger partial charge in [-0.2, -0.15) is 5.10 Å². The number of pyridine rings is 1. The summed E-state index contributed by atoms with van der Waals surface area (Å²) in [5.41, 5.74) is 4.32. The first-order valence-corrected chi connectivity index (χ1v) is 12.7. The summed E-state index contributed by atoms with van der Waals surface area (Å²) in [4.78, 5) is 24.9. The van der Waals surface area contributed by atoms with Crippen LogP contribution in [0.25, 0.3) is 22.2 Å². The number of hydrogen-bond donors (Lipinski definition) is 0. The standard InChI is InChI=1S/C30H31N5O4/c1-19-8-6-9-22-14-23(30(32-29(19)22)26-15-24(37-4)11-12-27(26)38-5)16-34(17-25-10-7-13-39-25)28(36)18-35-21(3)31-20(2)33-35/h6-15H,16-18H2,1-5H3. The van der Waals surface area contributed by atoms with Crippen LogP contribution in [-0.2, 0) is 24.4 Å². The molecule has 2 aromatic carbocycles. The number of carbonyl (C=O) groups is 1. The zero-order chi connectivity index (χ0) is 27.5. The monoisotopic (exact) mass is 525 g/mol. The minimum Gasteiger partial charge on any atom is -0.497 e. The van der Waals surface area contributed by atoms with Gasteiger partial charge in [0.25, 0.3) is 0 Å². The van der Waals surface area contributed by atoms with Gasteiger partial charge in [-0.05, 0) is 68.3 Å². The molecule has 9 nitrogen and oxygen atoms in total. The lowest BCUT2D eigenvalue weighted by atomic mass is 10.00. The van der Waals surface area contributed by atoms with Crippen molar-refractivity contribution in [3.8, 4) is 22.8 Å². The lowest BCUT2D eigenvalue weighted by molar-refractivity contribution is -0.133. The summed E-state index contributed by atoms with van der Waals surface area (Å²) in [7, 11) is 3.26. The molecule has 1 amide bonds.